The molecule has 2 heterocycles. The van der Waals surface area contributed by atoms with Crippen molar-refractivity contribution in [1.29, 1.82) is 0 Å². The van der Waals surface area contributed by atoms with Crippen LogP contribution in [0.25, 0.3) is 0 Å². The number of morpholine rings is 1. The molecule has 2 fully saturated rings. The van der Waals surface area contributed by atoms with Crippen molar-refractivity contribution in [1.82, 2.24) is 4.90 Å². The molecule has 2 atom stereocenters. The van der Waals surface area contributed by atoms with Crippen molar-refractivity contribution in [2.24, 2.45) is 5.92 Å². The zero-order valence-electron chi connectivity index (χ0n) is 17.4. The van der Waals surface area contributed by atoms with E-state index in [-0.39, 0.29) is 36.8 Å². The lowest BCUT2D eigenvalue weighted by molar-refractivity contribution is -0.137. The highest BCUT2D eigenvalue weighted by molar-refractivity contribution is 5.84. The van der Waals surface area contributed by atoms with Gasteiger partial charge in [0.05, 0.1) is 30.9 Å². The first kappa shape index (κ1) is 22.3. The third-order valence-corrected chi connectivity index (χ3v) is 6.02. The van der Waals surface area contributed by atoms with Crippen molar-refractivity contribution in [3.05, 3.63) is 71.3 Å². The van der Waals surface area contributed by atoms with Gasteiger partial charge in [0.25, 0.3) is 0 Å². The average molecular weight is 447 g/mol. The summed E-state index contributed by atoms with van der Waals surface area (Å²) in [6, 6.07) is 13.7. The lowest BCUT2D eigenvalue weighted by Crippen LogP contribution is -2.60. The van der Waals surface area contributed by atoms with Gasteiger partial charge in [-0.25, -0.2) is 4.79 Å². The van der Waals surface area contributed by atoms with Crippen LogP contribution in [0, 0.1) is 5.92 Å². The Bertz CT molecular complexity index is 949. The molecule has 0 aromatic heterocycles. The van der Waals surface area contributed by atoms with Crippen LogP contribution in [0.4, 0.5) is 18.0 Å². The molecule has 2 saturated heterocycles. The van der Waals surface area contributed by atoms with E-state index in [2.05, 4.69) is 0 Å². The van der Waals surface area contributed by atoms with Crippen LogP contribution in [0.1, 0.15) is 29.5 Å². The minimum Gasteiger partial charge on any atom is -0.445 e. The number of Topliss-reactive ketones (excluding diaryl/α,β-unsaturated/α-hetero) is 1. The number of hydrogen-bond acceptors (Lipinski definition) is 4. The standard InChI is InChI=1S/C24H24F3NO4/c25-24(26,27)19-8-4-7-17(9-19)10-22(29)18-11-20-14-31-15-21(12-18)28(20)23(30)32-13-16-5-2-1-3-6-16/h1-9,18,20-21H,10-15H2. The average Bonchev–Trinajstić information content (AvgIpc) is 2.77. The summed E-state index contributed by atoms with van der Waals surface area (Å²) < 4.78 is 49.9. The maximum absolute atomic E-state index is 13.0. The summed E-state index contributed by atoms with van der Waals surface area (Å²) >= 11 is 0. The third kappa shape index (κ3) is 5.12. The number of piperidine rings is 1. The van der Waals surface area contributed by atoms with Crippen LogP contribution in [0.5, 0.6) is 0 Å². The van der Waals surface area contributed by atoms with Crippen molar-refractivity contribution in [3.63, 3.8) is 0 Å². The zero-order valence-corrected chi connectivity index (χ0v) is 17.4. The van der Waals surface area contributed by atoms with Crippen LogP contribution in [-0.2, 0) is 33.5 Å². The highest BCUT2D eigenvalue weighted by Gasteiger charge is 2.44. The van der Waals surface area contributed by atoms with Gasteiger partial charge in [0.15, 0.2) is 0 Å². The van der Waals surface area contributed by atoms with Crippen molar-refractivity contribution < 1.29 is 32.2 Å². The van der Waals surface area contributed by atoms with Gasteiger partial charge in [-0.05, 0) is 30.0 Å². The number of amides is 1. The van der Waals surface area contributed by atoms with Gasteiger partial charge in [0, 0.05) is 12.3 Å². The van der Waals surface area contributed by atoms with Gasteiger partial charge < -0.3 is 9.47 Å². The number of nitrogens with zero attached hydrogens (tertiary/aromatic N) is 1. The second-order valence-corrected chi connectivity index (χ2v) is 8.30. The fraction of sp³-hybridized carbons (Fsp3) is 0.417. The number of carbonyl (C=O) groups excluding carboxylic acids is 2. The van der Waals surface area contributed by atoms with E-state index in [0.29, 0.717) is 31.6 Å². The minimum atomic E-state index is -4.45. The molecule has 2 aromatic rings. The van der Waals surface area contributed by atoms with Crippen molar-refractivity contribution in [2.45, 2.75) is 44.1 Å². The number of hydrogen-bond donors (Lipinski definition) is 0. The quantitative estimate of drug-likeness (QED) is 0.671. The fourth-order valence-electron chi connectivity index (χ4n) is 4.47. The molecule has 0 saturated carbocycles. The largest absolute Gasteiger partial charge is 0.445 e. The van der Waals surface area contributed by atoms with Gasteiger partial charge in [-0.2, -0.15) is 13.2 Å². The number of benzene rings is 2. The molecule has 0 aliphatic carbocycles. The Morgan fingerprint density at radius 3 is 2.28 bits per heavy atom. The molecule has 2 aromatic carbocycles. The van der Waals surface area contributed by atoms with Crippen molar-refractivity contribution in [2.75, 3.05) is 13.2 Å². The molecule has 2 aliphatic rings. The van der Waals surface area contributed by atoms with E-state index in [1.165, 1.54) is 12.1 Å². The first-order chi connectivity index (χ1) is 15.3. The van der Waals surface area contributed by atoms with Gasteiger partial charge in [0.2, 0.25) is 0 Å². The van der Waals surface area contributed by atoms with Gasteiger partial charge in [-0.3, -0.25) is 9.69 Å². The summed E-state index contributed by atoms with van der Waals surface area (Å²) in [6.07, 6.45) is -4.12. The summed E-state index contributed by atoms with van der Waals surface area (Å²) in [5, 5.41) is 0. The van der Waals surface area contributed by atoms with Crippen molar-refractivity contribution in [3.8, 4) is 0 Å². The Morgan fingerprint density at radius 2 is 1.62 bits per heavy atom. The molecule has 2 unspecified atom stereocenters. The Hall–Kier alpha value is -2.87. The second kappa shape index (κ2) is 9.32. The SMILES string of the molecule is O=C(Cc1cccc(C(F)(F)F)c1)C1CC2COCC(C1)N2C(=O)OCc1ccccc1. The maximum Gasteiger partial charge on any atom is 0.416 e. The van der Waals surface area contributed by atoms with Crippen LogP contribution in [0.15, 0.2) is 54.6 Å². The zero-order chi connectivity index (χ0) is 22.7. The molecular weight excluding hydrogens is 423 g/mol. The van der Waals surface area contributed by atoms with Crippen LogP contribution in [0.3, 0.4) is 0 Å². The van der Waals surface area contributed by atoms with Gasteiger partial charge >= 0.3 is 12.3 Å². The number of ether oxygens (including phenoxy) is 2. The topological polar surface area (TPSA) is 55.8 Å². The summed E-state index contributed by atoms with van der Waals surface area (Å²) in [5.74, 6) is -0.444. The molecule has 5 nitrogen and oxygen atoms in total. The Kier molecular flexibility index (Phi) is 6.50. The predicted molar refractivity (Wildman–Crippen MR) is 110 cm³/mol. The number of rotatable bonds is 5. The van der Waals surface area contributed by atoms with E-state index in [1.54, 1.807) is 4.90 Å². The van der Waals surface area contributed by atoms with E-state index in [4.69, 9.17) is 9.47 Å². The normalized spacial score (nSPS) is 23.0. The van der Waals surface area contributed by atoms with Crippen molar-refractivity contribution >= 4 is 11.9 Å². The highest BCUT2D eigenvalue weighted by Crippen LogP contribution is 2.34. The fourth-order valence-corrected chi connectivity index (χ4v) is 4.47. The minimum absolute atomic E-state index is 0.0622. The molecule has 0 N–H and O–H groups in total. The molecule has 2 aliphatic heterocycles. The van der Waals surface area contributed by atoms with E-state index in [9.17, 15) is 22.8 Å². The van der Waals surface area contributed by atoms with E-state index >= 15 is 0 Å². The lowest BCUT2D eigenvalue weighted by atomic mass is 9.81. The maximum atomic E-state index is 13.0. The summed E-state index contributed by atoms with van der Waals surface area (Å²) in [4.78, 5) is 27.3. The third-order valence-electron chi connectivity index (χ3n) is 6.02. The van der Waals surface area contributed by atoms with Crippen LogP contribution in [0.2, 0.25) is 0 Å². The number of alkyl halides is 3. The predicted octanol–water partition coefficient (Wildman–Crippen LogP) is 4.63. The van der Waals surface area contributed by atoms with Crippen LogP contribution >= 0.6 is 0 Å². The first-order valence-corrected chi connectivity index (χ1v) is 10.6. The molecule has 4 rings (SSSR count). The van der Waals surface area contributed by atoms with Crippen LogP contribution in [-0.4, -0.2) is 42.1 Å². The van der Waals surface area contributed by atoms with E-state index < -0.39 is 17.8 Å². The van der Waals surface area contributed by atoms with E-state index in [0.717, 1.165) is 17.7 Å². The number of fused-ring (bicyclic) bond motifs is 2. The second-order valence-electron chi connectivity index (χ2n) is 8.30. The smallest absolute Gasteiger partial charge is 0.416 e. The van der Waals surface area contributed by atoms with E-state index in [1.807, 2.05) is 30.3 Å². The molecule has 32 heavy (non-hydrogen) atoms. The summed E-state index contributed by atoms with van der Waals surface area (Å²) in [7, 11) is 0. The highest BCUT2D eigenvalue weighted by atomic mass is 19.4. The Balaban J connectivity index is 1.38. The summed E-state index contributed by atoms with van der Waals surface area (Å²) in [6.45, 7) is 0.781. The number of halogens is 3. The molecule has 0 radical (unpaired) electrons. The molecular formula is C24H24F3NO4. The molecule has 2 bridgehead atoms. The molecule has 8 heteroatoms. The first-order valence-electron chi connectivity index (χ1n) is 10.6. The van der Waals surface area contributed by atoms with Crippen LogP contribution < -0.4 is 0 Å². The number of carbonyl (C=O) groups is 2. The monoisotopic (exact) mass is 447 g/mol. The molecule has 1 amide bonds. The molecule has 0 spiro atoms. The van der Waals surface area contributed by atoms with Gasteiger partial charge in [-0.1, -0.05) is 48.5 Å². The van der Waals surface area contributed by atoms with Gasteiger partial charge in [-0.15, -0.1) is 0 Å². The van der Waals surface area contributed by atoms with Gasteiger partial charge in [0.1, 0.15) is 12.4 Å². The Morgan fingerprint density at radius 1 is 0.969 bits per heavy atom. The number of ketones is 1. The molecule has 170 valence electrons. The Labute approximate surface area is 184 Å². The summed E-state index contributed by atoms with van der Waals surface area (Å²) in [5.41, 5.74) is 0.466. The lowest BCUT2D eigenvalue weighted by Gasteiger charge is -2.47.